The summed E-state index contributed by atoms with van der Waals surface area (Å²) in [4.78, 5) is 11.0. The van der Waals surface area contributed by atoms with Crippen molar-refractivity contribution in [2.24, 2.45) is 0 Å². The van der Waals surface area contributed by atoms with E-state index < -0.39 is 16.2 Å². The van der Waals surface area contributed by atoms with Crippen LogP contribution in [-0.4, -0.2) is 69.5 Å². The van der Waals surface area contributed by atoms with E-state index in [1.807, 2.05) is 6.92 Å². The number of nitrogens with zero attached hydrogens (tertiary/aromatic N) is 2. The lowest BCUT2D eigenvalue weighted by atomic mass is 10.2. The zero-order valence-electron chi connectivity index (χ0n) is 11.7. The number of rotatable bonds is 6. The largest absolute Gasteiger partial charge is 0.469 e. The molecule has 0 radical (unpaired) electrons. The Morgan fingerprint density at radius 1 is 1.53 bits per heavy atom. The quantitative estimate of drug-likeness (QED) is 0.636. The summed E-state index contributed by atoms with van der Waals surface area (Å²) in [5.74, 6) is -0.421. The highest BCUT2D eigenvalue weighted by Gasteiger charge is 2.31. The van der Waals surface area contributed by atoms with Crippen molar-refractivity contribution < 1.29 is 22.7 Å². The minimum atomic E-state index is -3.53. The van der Waals surface area contributed by atoms with E-state index in [9.17, 15) is 13.2 Å². The van der Waals surface area contributed by atoms with Gasteiger partial charge >= 0.3 is 5.97 Å². The van der Waals surface area contributed by atoms with Gasteiger partial charge in [0.1, 0.15) is 0 Å². The lowest BCUT2D eigenvalue weighted by molar-refractivity contribution is -0.140. The number of ether oxygens (including phenoxy) is 2. The molecule has 1 aliphatic heterocycles. The van der Waals surface area contributed by atoms with Gasteiger partial charge in [-0.15, -0.1) is 0 Å². The van der Waals surface area contributed by atoms with Gasteiger partial charge in [0.2, 0.25) is 0 Å². The smallest absolute Gasteiger partial charge is 0.306 e. The molecule has 1 aliphatic rings. The van der Waals surface area contributed by atoms with Crippen LogP contribution in [0.15, 0.2) is 0 Å². The van der Waals surface area contributed by atoms with E-state index in [0.29, 0.717) is 19.7 Å². The molecule has 0 amide bonds. The number of carbonyl (C=O) groups is 1. The van der Waals surface area contributed by atoms with E-state index in [-0.39, 0.29) is 19.1 Å². The van der Waals surface area contributed by atoms with Crippen LogP contribution >= 0.6 is 0 Å². The van der Waals surface area contributed by atoms with E-state index in [4.69, 9.17) is 4.74 Å². The number of esters is 1. The molecule has 1 atom stereocenters. The summed E-state index contributed by atoms with van der Waals surface area (Å²) in [6.07, 6.45) is 0.767. The molecule has 7 nitrogen and oxygen atoms in total. The normalized spacial score (nSPS) is 21.6. The Kier molecular flexibility index (Phi) is 6.18. The van der Waals surface area contributed by atoms with Gasteiger partial charge in [-0.3, -0.25) is 4.79 Å². The van der Waals surface area contributed by atoms with Crippen molar-refractivity contribution in [3.63, 3.8) is 0 Å². The molecule has 0 aromatic heterocycles. The molecule has 0 N–H and O–H groups in total. The monoisotopic (exact) mass is 294 g/mol. The zero-order valence-corrected chi connectivity index (χ0v) is 12.5. The third kappa shape index (κ3) is 4.41. The van der Waals surface area contributed by atoms with Crippen LogP contribution in [0.3, 0.4) is 0 Å². The highest BCUT2D eigenvalue weighted by Crippen LogP contribution is 2.14. The predicted octanol–water partition coefficient (Wildman–Crippen LogP) is -0.163. The maximum Gasteiger partial charge on any atom is 0.306 e. The van der Waals surface area contributed by atoms with Crippen molar-refractivity contribution in [3.05, 3.63) is 0 Å². The molecule has 1 unspecified atom stereocenters. The van der Waals surface area contributed by atoms with Crippen molar-refractivity contribution in [1.29, 1.82) is 0 Å². The molecule has 112 valence electrons. The van der Waals surface area contributed by atoms with Gasteiger partial charge in [0.05, 0.1) is 26.2 Å². The first-order chi connectivity index (χ1) is 8.91. The van der Waals surface area contributed by atoms with Gasteiger partial charge in [-0.2, -0.15) is 17.0 Å². The standard InChI is InChI=1S/C11H22N2O5S/c1-4-10-9-13(7-8-18-10)19(15,16)12(2)6-5-11(14)17-3/h10H,4-9H2,1-3H3. The lowest BCUT2D eigenvalue weighted by Crippen LogP contribution is -2.50. The van der Waals surface area contributed by atoms with Crippen LogP contribution in [0.25, 0.3) is 0 Å². The number of methoxy groups -OCH3 is 1. The summed E-state index contributed by atoms with van der Waals surface area (Å²) in [6, 6.07) is 0. The van der Waals surface area contributed by atoms with E-state index >= 15 is 0 Å². The molecule has 8 heteroatoms. The maximum absolute atomic E-state index is 12.3. The van der Waals surface area contributed by atoms with Crippen LogP contribution in [0.1, 0.15) is 19.8 Å². The summed E-state index contributed by atoms with van der Waals surface area (Å²) in [7, 11) is -0.781. The van der Waals surface area contributed by atoms with Crippen LogP contribution < -0.4 is 0 Å². The second-order valence-electron chi connectivity index (χ2n) is 4.41. The lowest BCUT2D eigenvalue weighted by Gasteiger charge is -2.34. The molecule has 0 saturated carbocycles. The van der Waals surface area contributed by atoms with Gasteiger partial charge in [-0.25, -0.2) is 0 Å². The van der Waals surface area contributed by atoms with Crippen LogP contribution in [0.2, 0.25) is 0 Å². The highest BCUT2D eigenvalue weighted by molar-refractivity contribution is 7.86. The molecule has 1 rings (SSSR count). The van der Waals surface area contributed by atoms with Gasteiger partial charge in [0, 0.05) is 26.7 Å². The minimum absolute atomic E-state index is 0.0494. The minimum Gasteiger partial charge on any atom is -0.469 e. The highest BCUT2D eigenvalue weighted by atomic mass is 32.2. The van der Waals surface area contributed by atoms with E-state index in [2.05, 4.69) is 4.74 Å². The number of carbonyl (C=O) groups excluding carboxylic acids is 1. The van der Waals surface area contributed by atoms with Gasteiger partial charge < -0.3 is 9.47 Å². The first-order valence-corrected chi connectivity index (χ1v) is 7.71. The average molecular weight is 294 g/mol. The topological polar surface area (TPSA) is 76.2 Å². The average Bonchev–Trinajstić information content (AvgIpc) is 2.44. The zero-order chi connectivity index (χ0) is 14.5. The Morgan fingerprint density at radius 2 is 2.21 bits per heavy atom. The molecule has 1 fully saturated rings. The second kappa shape index (κ2) is 7.18. The van der Waals surface area contributed by atoms with Crippen molar-refractivity contribution in [2.75, 3.05) is 40.4 Å². The molecule has 19 heavy (non-hydrogen) atoms. The molecule has 1 saturated heterocycles. The molecular formula is C11H22N2O5S. The Morgan fingerprint density at radius 3 is 2.79 bits per heavy atom. The summed E-state index contributed by atoms with van der Waals surface area (Å²) >= 11 is 0. The molecule has 0 aliphatic carbocycles. The second-order valence-corrected chi connectivity index (χ2v) is 6.45. The van der Waals surface area contributed by atoms with Crippen LogP contribution in [0.4, 0.5) is 0 Å². The fourth-order valence-electron chi connectivity index (χ4n) is 1.81. The van der Waals surface area contributed by atoms with E-state index in [1.54, 1.807) is 0 Å². The van der Waals surface area contributed by atoms with Crippen LogP contribution in [0, 0.1) is 0 Å². The molecule has 0 bridgehead atoms. The summed E-state index contributed by atoms with van der Waals surface area (Å²) in [5, 5.41) is 0. The number of hydrogen-bond donors (Lipinski definition) is 0. The summed E-state index contributed by atoms with van der Waals surface area (Å²) in [6.45, 7) is 3.19. The van der Waals surface area contributed by atoms with Gasteiger partial charge in [0.15, 0.2) is 0 Å². The predicted molar refractivity (Wildman–Crippen MR) is 69.8 cm³/mol. The number of hydrogen-bond acceptors (Lipinski definition) is 5. The Balaban J connectivity index is 2.60. The van der Waals surface area contributed by atoms with Gasteiger partial charge in [-0.05, 0) is 6.42 Å². The first-order valence-electron chi connectivity index (χ1n) is 6.31. The third-order valence-electron chi connectivity index (χ3n) is 3.14. The van der Waals surface area contributed by atoms with Crippen LogP contribution in [-0.2, 0) is 24.5 Å². The Bertz CT molecular complexity index is 398. The van der Waals surface area contributed by atoms with Crippen molar-refractivity contribution in [2.45, 2.75) is 25.9 Å². The fourth-order valence-corrected chi connectivity index (χ4v) is 3.19. The van der Waals surface area contributed by atoms with Crippen molar-refractivity contribution >= 4 is 16.2 Å². The Labute approximate surface area is 114 Å². The Hall–Kier alpha value is -0.700. The van der Waals surface area contributed by atoms with Crippen molar-refractivity contribution in [3.8, 4) is 0 Å². The molecule has 1 heterocycles. The third-order valence-corrected chi connectivity index (χ3v) is 5.09. The van der Waals surface area contributed by atoms with E-state index in [0.717, 1.165) is 6.42 Å². The summed E-state index contributed by atoms with van der Waals surface area (Å²) in [5.41, 5.74) is 0. The summed E-state index contributed by atoms with van der Waals surface area (Å²) < 4.78 is 37.1. The van der Waals surface area contributed by atoms with Crippen molar-refractivity contribution in [1.82, 2.24) is 8.61 Å². The molecule has 0 aromatic carbocycles. The van der Waals surface area contributed by atoms with Crippen LogP contribution in [0.5, 0.6) is 0 Å². The maximum atomic E-state index is 12.3. The molecule has 0 aromatic rings. The van der Waals surface area contributed by atoms with Gasteiger partial charge in [-0.1, -0.05) is 6.92 Å². The molecular weight excluding hydrogens is 272 g/mol. The first kappa shape index (κ1) is 16.4. The van der Waals surface area contributed by atoms with E-state index in [1.165, 1.54) is 22.8 Å². The number of morpholine rings is 1. The molecule has 0 spiro atoms. The SMILES string of the molecule is CCC1CN(S(=O)(=O)N(C)CCC(=O)OC)CCO1. The van der Waals surface area contributed by atoms with Gasteiger partial charge in [0.25, 0.3) is 10.2 Å². The fraction of sp³-hybridized carbons (Fsp3) is 0.909.